The van der Waals surface area contributed by atoms with Crippen LogP contribution in [0.25, 0.3) is 33.4 Å². The van der Waals surface area contributed by atoms with Gasteiger partial charge in [0.15, 0.2) is 0 Å². The van der Waals surface area contributed by atoms with Gasteiger partial charge >= 0.3 is 0 Å². The number of nitrogens with one attached hydrogen (secondary N) is 1. The molecule has 0 saturated carbocycles. The number of likely N-dealkylation sites (N-methyl/N-ethyl adjacent to an activating group) is 1. The lowest BCUT2D eigenvalue weighted by Crippen LogP contribution is -2.45. The Bertz CT molecular complexity index is 1470. The zero-order valence-corrected chi connectivity index (χ0v) is 21.9. The maximum absolute atomic E-state index is 13.1. The lowest BCUT2D eigenvalue weighted by atomic mass is 10.0. The molecule has 5 rings (SSSR count). The van der Waals surface area contributed by atoms with Crippen molar-refractivity contribution in [3.8, 4) is 28.3 Å². The van der Waals surface area contributed by atoms with Crippen molar-refractivity contribution in [1.29, 1.82) is 0 Å². The van der Waals surface area contributed by atoms with E-state index in [1.165, 1.54) is 0 Å². The summed E-state index contributed by atoms with van der Waals surface area (Å²) in [6.45, 7) is 10.7. The maximum Gasteiger partial charge on any atom is 0.255 e. The van der Waals surface area contributed by atoms with Gasteiger partial charge in [0, 0.05) is 59.1 Å². The Hall–Kier alpha value is -3.65. The predicted octanol–water partition coefficient (Wildman–Crippen LogP) is 4.40. The van der Waals surface area contributed by atoms with E-state index < -0.39 is 0 Å². The second-order valence-electron chi connectivity index (χ2n) is 10.6. The summed E-state index contributed by atoms with van der Waals surface area (Å²) >= 11 is 0. The number of rotatable bonds is 7. The molecule has 1 aliphatic heterocycles. The minimum atomic E-state index is -0.176. The number of hydrogen-bond acceptors (Lipinski definition) is 6. The van der Waals surface area contributed by atoms with E-state index in [0.717, 1.165) is 46.0 Å². The molecule has 4 aromatic rings. The van der Waals surface area contributed by atoms with Gasteiger partial charge in [0.05, 0.1) is 23.5 Å². The molecule has 8 heteroatoms. The van der Waals surface area contributed by atoms with Gasteiger partial charge in [-0.25, -0.2) is 4.98 Å². The minimum Gasteiger partial charge on any atom is -0.492 e. The molecule has 1 aromatic carbocycles. The van der Waals surface area contributed by atoms with Gasteiger partial charge in [-0.05, 0) is 60.0 Å². The monoisotopic (exact) mass is 486 g/mol. The van der Waals surface area contributed by atoms with E-state index in [1.807, 2.05) is 44.6 Å². The average molecular weight is 487 g/mol. The fourth-order valence-electron chi connectivity index (χ4n) is 5.12. The first-order chi connectivity index (χ1) is 17.1. The molecule has 0 unspecified atom stereocenters. The highest BCUT2D eigenvalue weighted by Gasteiger charge is 2.39. The number of fused-ring (bicyclic) bond motifs is 2. The molecule has 1 N–H and O–H groups in total. The minimum absolute atomic E-state index is 0.0269. The lowest BCUT2D eigenvalue weighted by molar-refractivity contribution is 0.261. The number of nitrogens with zero attached hydrogens (tertiary/aromatic N) is 5. The fourth-order valence-corrected chi connectivity index (χ4v) is 5.12. The zero-order chi connectivity index (χ0) is 25.6. The van der Waals surface area contributed by atoms with E-state index in [1.54, 1.807) is 16.8 Å². The number of H-pyrrole nitrogens is 1. The second kappa shape index (κ2) is 9.09. The molecule has 0 spiro atoms. The molecule has 0 saturated heterocycles. The molecule has 188 valence electrons. The van der Waals surface area contributed by atoms with Crippen molar-refractivity contribution in [1.82, 2.24) is 24.4 Å². The summed E-state index contributed by atoms with van der Waals surface area (Å²) in [5, 5.41) is 0.999. The Morgan fingerprint density at radius 3 is 2.69 bits per heavy atom. The number of aromatic amines is 1. The van der Waals surface area contributed by atoms with Crippen LogP contribution < -0.4 is 15.2 Å². The molecule has 36 heavy (non-hydrogen) atoms. The van der Waals surface area contributed by atoms with Crippen LogP contribution in [0.5, 0.6) is 5.75 Å². The van der Waals surface area contributed by atoms with Gasteiger partial charge < -0.3 is 19.5 Å². The molecule has 1 aliphatic rings. The Kier molecular flexibility index (Phi) is 6.08. The number of pyridine rings is 1. The van der Waals surface area contributed by atoms with Crippen molar-refractivity contribution >= 4 is 16.9 Å². The highest BCUT2D eigenvalue weighted by molar-refractivity contribution is 5.97. The Balaban J connectivity index is 1.53. The van der Waals surface area contributed by atoms with Gasteiger partial charge in [-0.2, -0.15) is 0 Å². The van der Waals surface area contributed by atoms with Crippen molar-refractivity contribution in [2.45, 2.75) is 45.8 Å². The lowest BCUT2D eigenvalue weighted by Gasteiger charge is -2.35. The van der Waals surface area contributed by atoms with E-state index in [9.17, 15) is 4.79 Å². The van der Waals surface area contributed by atoms with Crippen LogP contribution in [0.2, 0.25) is 0 Å². The first-order valence-electron chi connectivity index (χ1n) is 12.4. The standard InChI is InChI=1S/C28H34N6O2/c1-18(2)34-27-31-25(15-26(35)33(27)17-28(34,3)4)22-16-30-23-8-7-19(13-21(22)23)24-14-20(9-10-29-24)36-12-11-32(5)6/h7-10,13-16,18,30H,11-12,17H2,1-6H3. The molecular formula is C28H34N6O2. The highest BCUT2D eigenvalue weighted by atomic mass is 16.5. The molecule has 8 nitrogen and oxygen atoms in total. The van der Waals surface area contributed by atoms with Crippen molar-refractivity contribution in [2.75, 3.05) is 32.1 Å². The summed E-state index contributed by atoms with van der Waals surface area (Å²) in [6.07, 6.45) is 3.70. The Morgan fingerprint density at radius 2 is 1.94 bits per heavy atom. The van der Waals surface area contributed by atoms with Crippen molar-refractivity contribution in [3.05, 3.63) is 59.1 Å². The number of anilines is 1. The van der Waals surface area contributed by atoms with Crippen LogP contribution in [0.15, 0.2) is 53.6 Å². The van der Waals surface area contributed by atoms with Gasteiger partial charge in [-0.1, -0.05) is 6.07 Å². The Labute approximate surface area is 211 Å². The summed E-state index contributed by atoms with van der Waals surface area (Å²) in [5.74, 6) is 1.52. The SMILES string of the molecule is CC(C)N1c2nc(-c3c[nH]c4ccc(-c5cc(OCCN(C)C)ccn5)cc34)cc(=O)n2CC1(C)C. The van der Waals surface area contributed by atoms with E-state index in [0.29, 0.717) is 18.8 Å². The molecule has 0 atom stereocenters. The molecule has 0 bridgehead atoms. The van der Waals surface area contributed by atoms with Crippen LogP contribution in [0, 0.1) is 0 Å². The summed E-state index contributed by atoms with van der Waals surface area (Å²) in [4.78, 5) is 30.4. The third kappa shape index (κ3) is 4.37. The molecule has 3 aromatic heterocycles. The van der Waals surface area contributed by atoms with Crippen molar-refractivity contribution in [3.63, 3.8) is 0 Å². The Morgan fingerprint density at radius 1 is 1.14 bits per heavy atom. The quantitative estimate of drug-likeness (QED) is 0.417. The van der Waals surface area contributed by atoms with E-state index in [4.69, 9.17) is 9.72 Å². The van der Waals surface area contributed by atoms with Gasteiger partial charge in [0.1, 0.15) is 12.4 Å². The van der Waals surface area contributed by atoms with Crippen molar-refractivity contribution < 1.29 is 4.74 Å². The number of aromatic nitrogens is 4. The molecule has 4 heterocycles. The van der Waals surface area contributed by atoms with Gasteiger partial charge in [-0.3, -0.25) is 14.3 Å². The fraction of sp³-hybridized carbons (Fsp3) is 0.393. The topological polar surface area (TPSA) is 79.3 Å². The average Bonchev–Trinajstić information content (AvgIpc) is 3.36. The van der Waals surface area contributed by atoms with Crippen LogP contribution >= 0.6 is 0 Å². The predicted molar refractivity (Wildman–Crippen MR) is 145 cm³/mol. The molecule has 0 radical (unpaired) electrons. The third-order valence-corrected chi connectivity index (χ3v) is 6.71. The highest BCUT2D eigenvalue weighted by Crippen LogP contribution is 2.36. The van der Waals surface area contributed by atoms with Gasteiger partial charge in [0.2, 0.25) is 5.95 Å². The van der Waals surface area contributed by atoms with Gasteiger partial charge in [-0.15, -0.1) is 0 Å². The van der Waals surface area contributed by atoms with E-state index >= 15 is 0 Å². The van der Waals surface area contributed by atoms with Gasteiger partial charge in [0.25, 0.3) is 5.56 Å². The van der Waals surface area contributed by atoms with Crippen LogP contribution in [-0.2, 0) is 6.54 Å². The maximum atomic E-state index is 13.1. The summed E-state index contributed by atoms with van der Waals surface area (Å²) in [6, 6.07) is 11.9. The van der Waals surface area contributed by atoms with Crippen LogP contribution in [0.3, 0.4) is 0 Å². The first-order valence-corrected chi connectivity index (χ1v) is 12.4. The van der Waals surface area contributed by atoms with Crippen LogP contribution in [0.1, 0.15) is 27.7 Å². The normalized spacial score (nSPS) is 14.7. The second-order valence-corrected chi connectivity index (χ2v) is 10.6. The van der Waals surface area contributed by atoms with Crippen LogP contribution in [-0.4, -0.2) is 63.2 Å². The number of hydrogen-bond donors (Lipinski definition) is 1. The number of benzene rings is 1. The summed E-state index contributed by atoms with van der Waals surface area (Å²) < 4.78 is 7.69. The largest absolute Gasteiger partial charge is 0.492 e. The summed E-state index contributed by atoms with van der Waals surface area (Å²) in [5.41, 5.74) is 4.16. The molecule has 0 fully saturated rings. The summed E-state index contributed by atoms with van der Waals surface area (Å²) in [7, 11) is 4.05. The van der Waals surface area contributed by atoms with E-state index in [2.05, 4.69) is 53.5 Å². The zero-order valence-electron chi connectivity index (χ0n) is 21.9. The molecule has 0 amide bonds. The molecule has 0 aliphatic carbocycles. The number of ether oxygens (including phenoxy) is 1. The first kappa shape index (κ1) is 24.1. The van der Waals surface area contributed by atoms with Crippen LogP contribution in [0.4, 0.5) is 5.95 Å². The third-order valence-electron chi connectivity index (χ3n) is 6.71. The van der Waals surface area contributed by atoms with E-state index in [-0.39, 0.29) is 17.1 Å². The molecular weight excluding hydrogens is 452 g/mol. The smallest absolute Gasteiger partial charge is 0.255 e. The van der Waals surface area contributed by atoms with Crippen molar-refractivity contribution in [2.24, 2.45) is 0 Å².